The van der Waals surface area contributed by atoms with Gasteiger partial charge in [0.1, 0.15) is 0 Å². The van der Waals surface area contributed by atoms with E-state index in [9.17, 15) is 9.59 Å². The Morgan fingerprint density at radius 3 is 2.53 bits per heavy atom. The Morgan fingerprint density at radius 1 is 1.18 bits per heavy atom. The minimum absolute atomic E-state index is 0.0988. The number of hydrogen-bond acceptors (Lipinski definition) is 3. The lowest BCUT2D eigenvalue weighted by atomic mass is 10.2. The van der Waals surface area contributed by atoms with Gasteiger partial charge in [-0.1, -0.05) is 30.3 Å². The highest BCUT2D eigenvalue weighted by Crippen LogP contribution is 1.96. The number of carbonyl (C=O) groups is 2. The van der Waals surface area contributed by atoms with Crippen molar-refractivity contribution in [3.8, 4) is 0 Å². The first kappa shape index (κ1) is 13.2. The van der Waals surface area contributed by atoms with Gasteiger partial charge in [0.05, 0.1) is 6.54 Å². The fourth-order valence-corrected chi connectivity index (χ4v) is 1.27. The molecule has 17 heavy (non-hydrogen) atoms. The van der Waals surface area contributed by atoms with E-state index in [2.05, 4.69) is 10.6 Å². The lowest BCUT2D eigenvalue weighted by Gasteiger charge is -2.06. The van der Waals surface area contributed by atoms with E-state index in [1.807, 2.05) is 30.3 Å². The molecule has 0 saturated carbocycles. The van der Waals surface area contributed by atoms with Gasteiger partial charge in [0.25, 0.3) is 0 Å². The molecule has 1 aromatic rings. The Labute approximate surface area is 100 Å². The molecule has 0 heterocycles. The van der Waals surface area contributed by atoms with Crippen LogP contribution in [0.1, 0.15) is 12.0 Å². The third-order valence-corrected chi connectivity index (χ3v) is 2.17. The molecule has 0 aliphatic rings. The standard InChI is InChI=1S/C12H17N3O2/c13-11(16)6-7-14-9-12(17)15-8-10-4-2-1-3-5-10/h1-5,14H,6-9H2,(H2,13,16)(H,15,17). The van der Waals surface area contributed by atoms with Crippen LogP contribution in [0, 0.1) is 0 Å². The fraction of sp³-hybridized carbons (Fsp3) is 0.333. The van der Waals surface area contributed by atoms with E-state index in [-0.39, 0.29) is 24.8 Å². The maximum Gasteiger partial charge on any atom is 0.234 e. The van der Waals surface area contributed by atoms with Crippen molar-refractivity contribution in [1.29, 1.82) is 0 Å². The Bertz CT molecular complexity index is 365. The van der Waals surface area contributed by atoms with Crippen molar-refractivity contribution < 1.29 is 9.59 Å². The molecular weight excluding hydrogens is 218 g/mol. The van der Waals surface area contributed by atoms with Gasteiger partial charge >= 0.3 is 0 Å². The molecular formula is C12H17N3O2. The van der Waals surface area contributed by atoms with Gasteiger partial charge in [0.15, 0.2) is 0 Å². The summed E-state index contributed by atoms with van der Waals surface area (Å²) in [6, 6.07) is 9.66. The quantitative estimate of drug-likeness (QED) is 0.571. The van der Waals surface area contributed by atoms with Crippen LogP contribution >= 0.6 is 0 Å². The predicted octanol–water partition coefficient (Wildman–Crippen LogP) is -0.232. The first-order valence-corrected chi connectivity index (χ1v) is 5.48. The summed E-state index contributed by atoms with van der Waals surface area (Å²) in [7, 11) is 0. The predicted molar refractivity (Wildman–Crippen MR) is 65.0 cm³/mol. The third kappa shape index (κ3) is 6.32. The zero-order valence-electron chi connectivity index (χ0n) is 9.61. The van der Waals surface area contributed by atoms with E-state index in [4.69, 9.17) is 5.73 Å². The van der Waals surface area contributed by atoms with Crippen molar-refractivity contribution in [2.24, 2.45) is 5.73 Å². The van der Waals surface area contributed by atoms with Crippen molar-refractivity contribution in [1.82, 2.24) is 10.6 Å². The highest BCUT2D eigenvalue weighted by atomic mass is 16.2. The van der Waals surface area contributed by atoms with Crippen LogP contribution in [0.2, 0.25) is 0 Å². The summed E-state index contributed by atoms with van der Waals surface area (Å²) in [6.45, 7) is 1.13. The summed E-state index contributed by atoms with van der Waals surface area (Å²) in [6.07, 6.45) is 0.242. The van der Waals surface area contributed by atoms with Crippen molar-refractivity contribution in [2.45, 2.75) is 13.0 Å². The molecule has 4 N–H and O–H groups in total. The molecule has 0 aliphatic carbocycles. The minimum atomic E-state index is -0.373. The topological polar surface area (TPSA) is 84.2 Å². The summed E-state index contributed by atoms with van der Waals surface area (Å²) in [5.74, 6) is -0.472. The molecule has 0 aliphatic heterocycles. The van der Waals surface area contributed by atoms with Gasteiger partial charge in [-0.15, -0.1) is 0 Å². The van der Waals surface area contributed by atoms with Crippen molar-refractivity contribution in [3.05, 3.63) is 35.9 Å². The van der Waals surface area contributed by atoms with Crippen LogP contribution in [0.3, 0.4) is 0 Å². The highest BCUT2D eigenvalue weighted by Gasteiger charge is 2.00. The van der Waals surface area contributed by atoms with E-state index in [0.717, 1.165) is 5.56 Å². The normalized spacial score (nSPS) is 9.88. The number of benzene rings is 1. The first-order chi connectivity index (χ1) is 8.18. The van der Waals surface area contributed by atoms with E-state index in [0.29, 0.717) is 13.1 Å². The number of nitrogens with one attached hydrogen (secondary N) is 2. The van der Waals surface area contributed by atoms with Gasteiger partial charge in [0.2, 0.25) is 11.8 Å². The van der Waals surface area contributed by atoms with E-state index < -0.39 is 0 Å². The van der Waals surface area contributed by atoms with Gasteiger partial charge in [0, 0.05) is 19.5 Å². The van der Waals surface area contributed by atoms with Gasteiger partial charge in [-0.05, 0) is 5.56 Å². The molecule has 0 fully saturated rings. The molecule has 5 heteroatoms. The summed E-state index contributed by atoms with van der Waals surface area (Å²) < 4.78 is 0. The zero-order chi connectivity index (χ0) is 12.5. The van der Waals surface area contributed by atoms with Gasteiger partial charge in [-0.25, -0.2) is 0 Å². The molecule has 0 radical (unpaired) electrons. The molecule has 0 bridgehead atoms. The number of nitrogens with two attached hydrogens (primary N) is 1. The summed E-state index contributed by atoms with van der Waals surface area (Å²) >= 11 is 0. The van der Waals surface area contributed by atoms with Crippen LogP contribution in [0.15, 0.2) is 30.3 Å². The molecule has 0 aromatic heterocycles. The van der Waals surface area contributed by atoms with E-state index in [1.165, 1.54) is 0 Å². The lowest BCUT2D eigenvalue weighted by Crippen LogP contribution is -2.34. The maximum atomic E-state index is 11.4. The molecule has 0 atom stereocenters. The van der Waals surface area contributed by atoms with Crippen LogP contribution in [0.5, 0.6) is 0 Å². The second-order valence-electron chi connectivity index (χ2n) is 3.66. The average Bonchev–Trinajstić information content (AvgIpc) is 2.33. The smallest absolute Gasteiger partial charge is 0.234 e. The Hall–Kier alpha value is -1.88. The summed E-state index contributed by atoms with van der Waals surface area (Å²) in [5, 5.41) is 5.61. The second kappa shape index (κ2) is 7.40. The molecule has 5 nitrogen and oxygen atoms in total. The molecule has 0 spiro atoms. The van der Waals surface area contributed by atoms with Crippen molar-refractivity contribution in [2.75, 3.05) is 13.1 Å². The number of amides is 2. The maximum absolute atomic E-state index is 11.4. The van der Waals surface area contributed by atoms with Crippen LogP contribution in [0.25, 0.3) is 0 Å². The van der Waals surface area contributed by atoms with Crippen LogP contribution in [-0.4, -0.2) is 24.9 Å². The SMILES string of the molecule is NC(=O)CCNCC(=O)NCc1ccccc1. The van der Waals surface area contributed by atoms with Gasteiger partial charge in [-0.2, -0.15) is 0 Å². The number of rotatable bonds is 7. The van der Waals surface area contributed by atoms with Crippen LogP contribution in [0.4, 0.5) is 0 Å². The number of hydrogen-bond donors (Lipinski definition) is 3. The lowest BCUT2D eigenvalue weighted by molar-refractivity contribution is -0.121. The largest absolute Gasteiger partial charge is 0.370 e. The highest BCUT2D eigenvalue weighted by molar-refractivity contribution is 5.78. The van der Waals surface area contributed by atoms with E-state index >= 15 is 0 Å². The molecule has 92 valence electrons. The monoisotopic (exact) mass is 235 g/mol. The summed E-state index contributed by atoms with van der Waals surface area (Å²) in [4.78, 5) is 21.8. The van der Waals surface area contributed by atoms with Crippen LogP contribution < -0.4 is 16.4 Å². The van der Waals surface area contributed by atoms with Crippen molar-refractivity contribution >= 4 is 11.8 Å². The fourth-order valence-electron chi connectivity index (χ4n) is 1.27. The molecule has 1 rings (SSSR count). The van der Waals surface area contributed by atoms with Gasteiger partial charge in [-0.3, -0.25) is 9.59 Å². The third-order valence-electron chi connectivity index (χ3n) is 2.17. The molecule has 0 saturated heterocycles. The minimum Gasteiger partial charge on any atom is -0.370 e. The Morgan fingerprint density at radius 2 is 1.88 bits per heavy atom. The number of carbonyl (C=O) groups excluding carboxylic acids is 2. The Balaban J connectivity index is 2.11. The van der Waals surface area contributed by atoms with E-state index in [1.54, 1.807) is 0 Å². The zero-order valence-corrected chi connectivity index (χ0v) is 9.61. The molecule has 2 amide bonds. The number of primary amides is 1. The summed E-state index contributed by atoms with van der Waals surface area (Å²) in [5.41, 5.74) is 6.02. The van der Waals surface area contributed by atoms with Crippen LogP contribution in [-0.2, 0) is 16.1 Å². The Kier molecular flexibility index (Phi) is 5.74. The second-order valence-corrected chi connectivity index (χ2v) is 3.66. The van der Waals surface area contributed by atoms with Gasteiger partial charge < -0.3 is 16.4 Å². The van der Waals surface area contributed by atoms with Crippen molar-refractivity contribution in [3.63, 3.8) is 0 Å². The molecule has 0 unspecified atom stereocenters. The average molecular weight is 235 g/mol. The first-order valence-electron chi connectivity index (χ1n) is 5.48. The molecule has 1 aromatic carbocycles.